The van der Waals surface area contributed by atoms with E-state index < -0.39 is 0 Å². The molecule has 2 nitrogen and oxygen atoms in total. The van der Waals surface area contributed by atoms with E-state index in [0.29, 0.717) is 6.04 Å². The van der Waals surface area contributed by atoms with Crippen molar-refractivity contribution in [3.05, 3.63) is 60.4 Å². The molecule has 2 aromatic rings. The molecule has 18 heavy (non-hydrogen) atoms. The number of nitrogens with zero attached hydrogens (tertiary/aromatic N) is 2. The predicted molar refractivity (Wildman–Crippen MR) is 74.4 cm³/mol. The number of rotatable bonds is 3. The molecule has 1 aromatic heterocycles. The molecule has 0 aliphatic carbocycles. The Kier molecular flexibility index (Phi) is 3.20. The largest absolute Gasteiger partial charge is 0.350 e. The lowest BCUT2D eigenvalue weighted by Crippen LogP contribution is -2.20. The quantitative estimate of drug-likeness (QED) is 0.800. The molecular weight excluding hydrogens is 220 g/mol. The zero-order valence-corrected chi connectivity index (χ0v) is 10.9. The lowest BCUT2D eigenvalue weighted by Gasteiger charge is -2.17. The lowest BCUT2D eigenvalue weighted by atomic mass is 10.1. The normalized spacial score (nSPS) is 24.5. The van der Waals surface area contributed by atoms with Crippen molar-refractivity contribution in [2.45, 2.75) is 19.5 Å². The second-order valence-electron chi connectivity index (χ2n) is 5.35. The van der Waals surface area contributed by atoms with Crippen molar-refractivity contribution >= 4 is 0 Å². The number of hydrogen-bond acceptors (Lipinski definition) is 1. The van der Waals surface area contributed by atoms with Gasteiger partial charge in [0.1, 0.15) is 0 Å². The number of aromatic nitrogens is 1. The molecule has 0 radical (unpaired) electrons. The van der Waals surface area contributed by atoms with Crippen LogP contribution in [0.25, 0.3) is 0 Å². The van der Waals surface area contributed by atoms with Gasteiger partial charge in [-0.05, 0) is 23.6 Å². The van der Waals surface area contributed by atoms with Gasteiger partial charge in [-0.15, -0.1) is 0 Å². The maximum Gasteiger partial charge on any atom is 0.0495 e. The molecule has 1 aromatic carbocycles. The Morgan fingerprint density at radius 2 is 1.72 bits per heavy atom. The molecule has 1 fully saturated rings. The van der Waals surface area contributed by atoms with Gasteiger partial charge in [-0.2, -0.15) is 0 Å². The number of benzene rings is 1. The smallest absolute Gasteiger partial charge is 0.0495 e. The van der Waals surface area contributed by atoms with Gasteiger partial charge in [0.05, 0.1) is 0 Å². The molecule has 1 aliphatic rings. The van der Waals surface area contributed by atoms with E-state index in [9.17, 15) is 0 Å². The third kappa shape index (κ3) is 2.34. The van der Waals surface area contributed by atoms with Crippen LogP contribution in [0.2, 0.25) is 0 Å². The maximum absolute atomic E-state index is 2.56. The van der Waals surface area contributed by atoms with E-state index in [1.807, 2.05) is 0 Å². The molecule has 94 valence electrons. The monoisotopic (exact) mass is 240 g/mol. The Bertz CT molecular complexity index is 475. The second-order valence-corrected chi connectivity index (χ2v) is 5.35. The molecule has 1 aliphatic heterocycles. The highest BCUT2D eigenvalue weighted by Crippen LogP contribution is 2.28. The van der Waals surface area contributed by atoms with Crippen LogP contribution in [0.15, 0.2) is 54.9 Å². The summed E-state index contributed by atoms with van der Waals surface area (Å²) in [5.41, 5.74) is 1.41. The highest BCUT2D eigenvalue weighted by molar-refractivity contribution is 5.14. The van der Waals surface area contributed by atoms with E-state index >= 15 is 0 Å². The molecular formula is C16H20N2. The molecule has 2 heterocycles. The van der Waals surface area contributed by atoms with Crippen molar-refractivity contribution in [3.63, 3.8) is 0 Å². The zero-order valence-electron chi connectivity index (χ0n) is 10.9. The van der Waals surface area contributed by atoms with Crippen molar-refractivity contribution in [2.75, 3.05) is 13.1 Å². The number of hydrogen-bond donors (Lipinski definition) is 0. The van der Waals surface area contributed by atoms with E-state index in [0.717, 1.165) is 19.0 Å². The summed E-state index contributed by atoms with van der Waals surface area (Å²) < 4.78 is 2.36. The summed E-state index contributed by atoms with van der Waals surface area (Å²) in [5.74, 6) is 0.723. The van der Waals surface area contributed by atoms with Gasteiger partial charge in [0.25, 0.3) is 0 Å². The van der Waals surface area contributed by atoms with Gasteiger partial charge in [-0.1, -0.05) is 37.3 Å². The van der Waals surface area contributed by atoms with Crippen LogP contribution < -0.4 is 0 Å². The maximum atomic E-state index is 2.56. The highest BCUT2D eigenvalue weighted by atomic mass is 15.2. The summed E-state index contributed by atoms with van der Waals surface area (Å²) in [5, 5.41) is 0. The lowest BCUT2D eigenvalue weighted by molar-refractivity contribution is 0.314. The van der Waals surface area contributed by atoms with Crippen molar-refractivity contribution in [1.29, 1.82) is 0 Å². The van der Waals surface area contributed by atoms with Crippen LogP contribution in [0.3, 0.4) is 0 Å². The van der Waals surface area contributed by atoms with Crippen molar-refractivity contribution in [3.8, 4) is 0 Å². The van der Waals surface area contributed by atoms with Crippen molar-refractivity contribution < 1.29 is 0 Å². The molecule has 0 bridgehead atoms. The first-order valence-corrected chi connectivity index (χ1v) is 6.71. The predicted octanol–water partition coefficient (Wildman–Crippen LogP) is 3.18. The van der Waals surface area contributed by atoms with E-state index in [2.05, 4.69) is 71.2 Å². The summed E-state index contributed by atoms with van der Waals surface area (Å²) >= 11 is 0. The first kappa shape index (κ1) is 11.5. The Morgan fingerprint density at radius 1 is 1.00 bits per heavy atom. The Hall–Kier alpha value is -1.54. The minimum absolute atomic E-state index is 0.628. The minimum Gasteiger partial charge on any atom is -0.350 e. The molecule has 2 heteroatoms. The second kappa shape index (κ2) is 4.99. The average molecular weight is 240 g/mol. The molecule has 0 spiro atoms. The fourth-order valence-corrected chi connectivity index (χ4v) is 2.98. The van der Waals surface area contributed by atoms with Gasteiger partial charge in [-0.25, -0.2) is 0 Å². The molecule has 2 atom stereocenters. The van der Waals surface area contributed by atoms with Gasteiger partial charge >= 0.3 is 0 Å². The van der Waals surface area contributed by atoms with Crippen LogP contribution in [0.5, 0.6) is 0 Å². The van der Waals surface area contributed by atoms with E-state index in [1.165, 1.54) is 12.1 Å². The van der Waals surface area contributed by atoms with Crippen molar-refractivity contribution in [2.24, 2.45) is 5.92 Å². The van der Waals surface area contributed by atoms with E-state index in [4.69, 9.17) is 0 Å². The third-order valence-corrected chi connectivity index (χ3v) is 3.91. The van der Waals surface area contributed by atoms with Crippen LogP contribution in [0, 0.1) is 5.92 Å². The third-order valence-electron chi connectivity index (χ3n) is 3.91. The molecule has 1 saturated heterocycles. The van der Waals surface area contributed by atoms with Crippen LogP contribution in [-0.4, -0.2) is 22.6 Å². The van der Waals surface area contributed by atoms with Crippen molar-refractivity contribution in [1.82, 2.24) is 9.47 Å². The molecule has 0 N–H and O–H groups in total. The Labute approximate surface area is 109 Å². The van der Waals surface area contributed by atoms with Gasteiger partial charge in [-0.3, -0.25) is 4.90 Å². The summed E-state index contributed by atoms with van der Waals surface area (Å²) in [6.07, 6.45) is 4.38. The SMILES string of the molecule is CC1CN(Cc2ccccc2)CC1n1cccc1. The number of likely N-dealkylation sites (tertiary alicyclic amines) is 1. The summed E-state index contributed by atoms with van der Waals surface area (Å²) in [6, 6.07) is 15.6. The van der Waals surface area contributed by atoms with E-state index in [-0.39, 0.29) is 0 Å². The van der Waals surface area contributed by atoms with Crippen LogP contribution in [0.1, 0.15) is 18.5 Å². The average Bonchev–Trinajstić information content (AvgIpc) is 3.00. The minimum atomic E-state index is 0.628. The Balaban J connectivity index is 1.67. The fourth-order valence-electron chi connectivity index (χ4n) is 2.98. The highest BCUT2D eigenvalue weighted by Gasteiger charge is 2.29. The van der Waals surface area contributed by atoms with Crippen LogP contribution in [0.4, 0.5) is 0 Å². The van der Waals surface area contributed by atoms with Crippen LogP contribution in [-0.2, 0) is 6.54 Å². The van der Waals surface area contributed by atoms with Gasteiger partial charge in [0, 0.05) is 38.1 Å². The zero-order chi connectivity index (χ0) is 12.4. The van der Waals surface area contributed by atoms with Gasteiger partial charge in [0.2, 0.25) is 0 Å². The first-order chi connectivity index (χ1) is 8.83. The molecule has 0 saturated carbocycles. The first-order valence-electron chi connectivity index (χ1n) is 6.71. The molecule has 3 rings (SSSR count). The Morgan fingerprint density at radius 3 is 2.44 bits per heavy atom. The van der Waals surface area contributed by atoms with E-state index in [1.54, 1.807) is 0 Å². The fraction of sp³-hybridized carbons (Fsp3) is 0.375. The summed E-state index contributed by atoms with van der Waals surface area (Å²) in [4.78, 5) is 2.56. The summed E-state index contributed by atoms with van der Waals surface area (Å²) in [7, 11) is 0. The van der Waals surface area contributed by atoms with Gasteiger partial charge in [0.15, 0.2) is 0 Å². The topological polar surface area (TPSA) is 8.17 Å². The molecule has 2 unspecified atom stereocenters. The van der Waals surface area contributed by atoms with Crippen LogP contribution >= 0.6 is 0 Å². The summed E-state index contributed by atoms with van der Waals surface area (Å²) in [6.45, 7) is 5.78. The standard InChI is InChI=1S/C16H20N2/c1-14-11-17(12-15-7-3-2-4-8-15)13-16(14)18-9-5-6-10-18/h2-10,14,16H,11-13H2,1H3. The van der Waals surface area contributed by atoms with Gasteiger partial charge < -0.3 is 4.57 Å². The molecule has 0 amide bonds.